The summed E-state index contributed by atoms with van der Waals surface area (Å²) in [6.07, 6.45) is 0. The van der Waals surface area contributed by atoms with Crippen molar-refractivity contribution in [2.24, 2.45) is 11.8 Å². The third-order valence-corrected chi connectivity index (χ3v) is 4.54. The molecule has 0 aliphatic carbocycles. The summed E-state index contributed by atoms with van der Waals surface area (Å²) in [6, 6.07) is 5.75. The first-order valence-electron chi connectivity index (χ1n) is 7.21. The van der Waals surface area contributed by atoms with Crippen molar-refractivity contribution < 1.29 is 4.39 Å². The second-order valence-corrected chi connectivity index (χ2v) is 7.00. The summed E-state index contributed by atoms with van der Waals surface area (Å²) >= 11 is 0. The first-order valence-corrected chi connectivity index (χ1v) is 7.21. The van der Waals surface area contributed by atoms with E-state index in [-0.39, 0.29) is 11.2 Å². The van der Waals surface area contributed by atoms with Gasteiger partial charge in [0.1, 0.15) is 5.82 Å². The van der Waals surface area contributed by atoms with Gasteiger partial charge in [-0.25, -0.2) is 4.39 Å². The Morgan fingerprint density at radius 3 is 2.32 bits per heavy atom. The minimum Gasteiger partial charge on any atom is -0.368 e. The van der Waals surface area contributed by atoms with E-state index in [4.69, 9.17) is 0 Å². The molecule has 2 heterocycles. The normalized spacial score (nSPS) is 26.8. The highest BCUT2D eigenvalue weighted by Crippen LogP contribution is 2.33. The van der Waals surface area contributed by atoms with Crippen LogP contribution in [0.15, 0.2) is 18.2 Å². The second-order valence-electron chi connectivity index (χ2n) is 7.00. The molecule has 3 rings (SSSR count). The van der Waals surface area contributed by atoms with E-state index in [1.807, 2.05) is 6.07 Å². The molecule has 2 aliphatic heterocycles. The number of halogens is 1. The van der Waals surface area contributed by atoms with E-state index in [1.54, 1.807) is 6.07 Å². The molecule has 2 atom stereocenters. The van der Waals surface area contributed by atoms with Gasteiger partial charge in [-0.05, 0) is 34.9 Å². The van der Waals surface area contributed by atoms with Crippen molar-refractivity contribution >= 4 is 5.69 Å². The van der Waals surface area contributed by atoms with Gasteiger partial charge in [0.15, 0.2) is 0 Å². The Hall–Kier alpha value is -1.09. The smallest absolute Gasteiger partial charge is 0.146 e. The molecule has 2 aliphatic rings. The average Bonchev–Trinajstić information content (AvgIpc) is 2.87. The summed E-state index contributed by atoms with van der Waals surface area (Å²) in [7, 11) is 0. The SMILES string of the molecule is CC(C)(C)c1ccc(N2CC3CNCC3C2)c(F)c1. The number of rotatable bonds is 1. The summed E-state index contributed by atoms with van der Waals surface area (Å²) in [5, 5.41) is 3.42. The molecule has 1 N–H and O–H groups in total. The first kappa shape index (κ1) is 12.9. The number of benzene rings is 1. The lowest BCUT2D eigenvalue weighted by atomic mass is 9.87. The molecule has 0 amide bonds. The van der Waals surface area contributed by atoms with Crippen LogP contribution in [-0.4, -0.2) is 26.2 Å². The fourth-order valence-electron chi connectivity index (χ4n) is 3.28. The zero-order valence-corrected chi connectivity index (χ0v) is 12.0. The second kappa shape index (κ2) is 4.48. The molecule has 1 aromatic carbocycles. The molecule has 19 heavy (non-hydrogen) atoms. The van der Waals surface area contributed by atoms with E-state index in [0.29, 0.717) is 11.8 Å². The molecule has 0 saturated carbocycles. The van der Waals surface area contributed by atoms with Crippen molar-refractivity contribution in [1.29, 1.82) is 0 Å². The number of hydrogen-bond acceptors (Lipinski definition) is 2. The van der Waals surface area contributed by atoms with Gasteiger partial charge in [-0.1, -0.05) is 26.8 Å². The topological polar surface area (TPSA) is 15.3 Å². The Morgan fingerprint density at radius 2 is 1.79 bits per heavy atom. The van der Waals surface area contributed by atoms with Gasteiger partial charge < -0.3 is 10.2 Å². The van der Waals surface area contributed by atoms with Gasteiger partial charge in [0.05, 0.1) is 5.69 Å². The van der Waals surface area contributed by atoms with Crippen molar-refractivity contribution in [3.05, 3.63) is 29.6 Å². The van der Waals surface area contributed by atoms with Crippen LogP contribution in [-0.2, 0) is 5.41 Å². The predicted octanol–water partition coefficient (Wildman–Crippen LogP) is 2.78. The highest BCUT2D eigenvalue weighted by atomic mass is 19.1. The monoisotopic (exact) mass is 262 g/mol. The van der Waals surface area contributed by atoms with Gasteiger partial charge in [0, 0.05) is 26.2 Å². The molecule has 2 saturated heterocycles. The van der Waals surface area contributed by atoms with Gasteiger partial charge >= 0.3 is 0 Å². The molecule has 0 spiro atoms. The minimum atomic E-state index is -0.0691. The van der Waals surface area contributed by atoms with Crippen molar-refractivity contribution in [2.45, 2.75) is 26.2 Å². The Labute approximate surface area is 115 Å². The van der Waals surface area contributed by atoms with E-state index >= 15 is 0 Å². The number of hydrogen-bond donors (Lipinski definition) is 1. The van der Waals surface area contributed by atoms with Crippen molar-refractivity contribution in [1.82, 2.24) is 5.32 Å². The van der Waals surface area contributed by atoms with Crippen LogP contribution in [0, 0.1) is 17.7 Å². The van der Waals surface area contributed by atoms with Crippen LogP contribution in [0.25, 0.3) is 0 Å². The van der Waals surface area contributed by atoms with Crippen LogP contribution in [0.5, 0.6) is 0 Å². The van der Waals surface area contributed by atoms with E-state index in [0.717, 1.165) is 37.4 Å². The summed E-state index contributed by atoms with van der Waals surface area (Å²) in [4.78, 5) is 2.22. The summed E-state index contributed by atoms with van der Waals surface area (Å²) in [5.74, 6) is 1.32. The van der Waals surface area contributed by atoms with Crippen LogP contribution >= 0.6 is 0 Å². The Balaban J connectivity index is 1.82. The fraction of sp³-hybridized carbons (Fsp3) is 0.625. The third kappa shape index (κ3) is 2.36. The highest BCUT2D eigenvalue weighted by molar-refractivity contribution is 5.51. The molecule has 104 valence electrons. The standard InChI is InChI=1S/C16H23FN2/c1-16(2,3)13-4-5-15(14(17)6-13)19-9-11-7-18-8-12(11)10-19/h4-6,11-12,18H,7-10H2,1-3H3. The molecule has 3 heteroatoms. The summed E-state index contributed by atoms with van der Waals surface area (Å²) < 4.78 is 14.4. The van der Waals surface area contributed by atoms with E-state index in [1.165, 1.54) is 0 Å². The van der Waals surface area contributed by atoms with Crippen molar-refractivity contribution in [2.75, 3.05) is 31.1 Å². The lowest BCUT2D eigenvalue weighted by Crippen LogP contribution is -2.26. The maximum Gasteiger partial charge on any atom is 0.146 e. The largest absolute Gasteiger partial charge is 0.368 e. The molecule has 2 nitrogen and oxygen atoms in total. The van der Waals surface area contributed by atoms with Crippen LogP contribution in [0.3, 0.4) is 0 Å². The molecule has 0 radical (unpaired) electrons. The van der Waals surface area contributed by atoms with Gasteiger partial charge in [0.2, 0.25) is 0 Å². The van der Waals surface area contributed by atoms with Crippen LogP contribution in [0.2, 0.25) is 0 Å². The van der Waals surface area contributed by atoms with Crippen molar-refractivity contribution in [3.8, 4) is 0 Å². The lowest BCUT2D eigenvalue weighted by molar-refractivity contribution is 0.533. The number of nitrogens with one attached hydrogen (secondary N) is 1. The molecule has 0 bridgehead atoms. The van der Waals surface area contributed by atoms with E-state index in [2.05, 4.69) is 37.1 Å². The number of nitrogens with zero attached hydrogens (tertiary/aromatic N) is 1. The van der Waals surface area contributed by atoms with Crippen LogP contribution in [0.1, 0.15) is 26.3 Å². The lowest BCUT2D eigenvalue weighted by Gasteiger charge is -2.24. The Kier molecular flexibility index (Phi) is 3.05. The van der Waals surface area contributed by atoms with Gasteiger partial charge in [0.25, 0.3) is 0 Å². The van der Waals surface area contributed by atoms with Crippen molar-refractivity contribution in [3.63, 3.8) is 0 Å². The molecular weight excluding hydrogens is 239 g/mol. The summed E-state index contributed by atoms with van der Waals surface area (Å²) in [6.45, 7) is 10.5. The van der Waals surface area contributed by atoms with Crippen LogP contribution < -0.4 is 10.2 Å². The molecule has 2 fully saturated rings. The Bertz CT molecular complexity index is 466. The molecule has 0 aromatic heterocycles. The van der Waals surface area contributed by atoms with Gasteiger partial charge in [-0.2, -0.15) is 0 Å². The van der Waals surface area contributed by atoms with Gasteiger partial charge in [-0.3, -0.25) is 0 Å². The number of anilines is 1. The maximum absolute atomic E-state index is 14.4. The minimum absolute atomic E-state index is 0.00477. The van der Waals surface area contributed by atoms with E-state index < -0.39 is 0 Å². The Morgan fingerprint density at radius 1 is 1.16 bits per heavy atom. The maximum atomic E-state index is 14.4. The quantitative estimate of drug-likeness (QED) is 0.837. The number of fused-ring (bicyclic) bond motifs is 1. The zero-order valence-electron chi connectivity index (χ0n) is 12.0. The molecule has 1 aromatic rings. The fourth-order valence-corrected chi connectivity index (χ4v) is 3.28. The molecular formula is C16H23FN2. The highest BCUT2D eigenvalue weighted by Gasteiger charge is 2.36. The van der Waals surface area contributed by atoms with Crippen LogP contribution in [0.4, 0.5) is 10.1 Å². The predicted molar refractivity (Wildman–Crippen MR) is 77.2 cm³/mol. The molecule has 2 unspecified atom stereocenters. The van der Waals surface area contributed by atoms with E-state index in [9.17, 15) is 4.39 Å². The zero-order chi connectivity index (χ0) is 13.6. The summed E-state index contributed by atoms with van der Waals surface area (Å²) in [5.41, 5.74) is 1.85. The van der Waals surface area contributed by atoms with Gasteiger partial charge in [-0.15, -0.1) is 0 Å². The first-order chi connectivity index (χ1) is 8.95. The average molecular weight is 262 g/mol. The third-order valence-electron chi connectivity index (χ3n) is 4.54.